The molecule has 0 bridgehead atoms. The lowest BCUT2D eigenvalue weighted by Gasteiger charge is -2.32. The number of hydrogen-bond acceptors (Lipinski definition) is 1. The molecule has 14 heavy (non-hydrogen) atoms. The quantitative estimate of drug-likeness (QED) is 0.661. The van der Waals surface area contributed by atoms with Crippen LogP contribution in [0, 0.1) is 18.7 Å². The van der Waals surface area contributed by atoms with E-state index in [0.717, 1.165) is 31.6 Å². The first-order valence-corrected chi connectivity index (χ1v) is 5.10. The third kappa shape index (κ3) is 1.89. The van der Waals surface area contributed by atoms with Gasteiger partial charge in [-0.15, -0.1) is 0 Å². The predicted octanol–water partition coefficient (Wildman–Crippen LogP) is 2.88. The molecule has 0 amide bonds. The van der Waals surface area contributed by atoms with Gasteiger partial charge in [-0.05, 0) is 30.9 Å². The van der Waals surface area contributed by atoms with Crippen molar-refractivity contribution in [1.29, 1.82) is 0 Å². The first kappa shape index (κ1) is 9.50. The van der Waals surface area contributed by atoms with E-state index in [2.05, 4.69) is 11.8 Å². The molecule has 0 aromatic heterocycles. The maximum Gasteiger partial charge on any atom is 0.146 e. The first-order valence-electron chi connectivity index (χ1n) is 5.10. The summed E-state index contributed by atoms with van der Waals surface area (Å²) in [5.74, 6) is 0.424. The molecule has 1 fully saturated rings. The Labute approximate surface area is 84.5 Å². The zero-order chi connectivity index (χ0) is 9.97. The molecule has 1 aliphatic heterocycles. The van der Waals surface area contributed by atoms with E-state index in [0.29, 0.717) is 5.92 Å². The summed E-state index contributed by atoms with van der Waals surface area (Å²) < 4.78 is 13.4. The highest BCUT2D eigenvalue weighted by Crippen LogP contribution is 2.24. The van der Waals surface area contributed by atoms with Crippen LogP contribution in [-0.4, -0.2) is 13.1 Å². The largest absolute Gasteiger partial charge is 0.369 e. The second-order valence-corrected chi connectivity index (χ2v) is 3.88. The highest BCUT2D eigenvalue weighted by molar-refractivity contribution is 5.47. The molecule has 2 rings (SSSR count). The van der Waals surface area contributed by atoms with Crippen molar-refractivity contribution in [3.05, 3.63) is 37.0 Å². The third-order valence-electron chi connectivity index (χ3n) is 2.81. The van der Waals surface area contributed by atoms with Crippen molar-refractivity contribution in [3.8, 4) is 0 Å². The molecule has 2 heteroatoms. The Morgan fingerprint density at radius 2 is 1.86 bits per heavy atom. The topological polar surface area (TPSA) is 3.24 Å². The van der Waals surface area contributed by atoms with Crippen molar-refractivity contribution in [2.24, 2.45) is 5.92 Å². The zero-order valence-corrected chi connectivity index (χ0v) is 8.25. The average molecular weight is 192 g/mol. The fourth-order valence-electron chi connectivity index (χ4n) is 1.88. The molecule has 0 unspecified atom stereocenters. The van der Waals surface area contributed by atoms with E-state index in [1.165, 1.54) is 6.07 Å². The Morgan fingerprint density at radius 3 is 2.50 bits per heavy atom. The smallest absolute Gasteiger partial charge is 0.146 e. The van der Waals surface area contributed by atoms with Gasteiger partial charge in [-0.2, -0.15) is 0 Å². The predicted molar refractivity (Wildman–Crippen MR) is 56.7 cm³/mol. The number of rotatable bonds is 1. The van der Waals surface area contributed by atoms with E-state index in [9.17, 15) is 4.39 Å². The molecule has 0 saturated carbocycles. The maximum absolute atomic E-state index is 13.4. The van der Waals surface area contributed by atoms with Crippen LogP contribution < -0.4 is 4.90 Å². The number of para-hydroxylation sites is 1. The Morgan fingerprint density at radius 1 is 1.21 bits per heavy atom. The van der Waals surface area contributed by atoms with Gasteiger partial charge in [-0.25, -0.2) is 4.39 Å². The molecular formula is C12H15FN. The van der Waals surface area contributed by atoms with Gasteiger partial charge in [0.25, 0.3) is 0 Å². The molecule has 1 aromatic rings. The molecule has 0 aliphatic carbocycles. The number of anilines is 1. The third-order valence-corrected chi connectivity index (χ3v) is 2.81. The monoisotopic (exact) mass is 192 g/mol. The highest BCUT2D eigenvalue weighted by atomic mass is 19.1. The molecule has 1 heterocycles. The second-order valence-electron chi connectivity index (χ2n) is 3.88. The van der Waals surface area contributed by atoms with Crippen molar-refractivity contribution in [2.75, 3.05) is 18.0 Å². The first-order chi connectivity index (χ1) is 6.77. The van der Waals surface area contributed by atoms with Crippen LogP contribution in [0.4, 0.5) is 10.1 Å². The summed E-state index contributed by atoms with van der Waals surface area (Å²) in [7, 11) is 0. The molecule has 1 nitrogen and oxygen atoms in total. The van der Waals surface area contributed by atoms with Gasteiger partial charge in [-0.3, -0.25) is 0 Å². The number of benzene rings is 1. The molecule has 0 atom stereocenters. The van der Waals surface area contributed by atoms with Crippen molar-refractivity contribution >= 4 is 5.69 Å². The minimum Gasteiger partial charge on any atom is -0.369 e. The number of nitrogens with zero attached hydrogens (tertiary/aromatic N) is 1. The molecule has 1 radical (unpaired) electrons. The van der Waals surface area contributed by atoms with Gasteiger partial charge in [0.2, 0.25) is 0 Å². The van der Waals surface area contributed by atoms with E-state index in [-0.39, 0.29) is 5.82 Å². The van der Waals surface area contributed by atoms with Crippen molar-refractivity contribution < 1.29 is 4.39 Å². The lowest BCUT2D eigenvalue weighted by atomic mass is 9.99. The molecule has 0 N–H and O–H groups in total. The lowest BCUT2D eigenvalue weighted by molar-refractivity contribution is 0.470. The summed E-state index contributed by atoms with van der Waals surface area (Å²) in [4.78, 5) is 2.11. The second kappa shape index (κ2) is 3.99. The molecule has 0 spiro atoms. The van der Waals surface area contributed by atoms with Crippen LogP contribution in [0.1, 0.15) is 12.8 Å². The Balaban J connectivity index is 2.12. The van der Waals surface area contributed by atoms with Gasteiger partial charge in [0, 0.05) is 13.1 Å². The standard InChI is InChI=1S/C12H15FN/c1-10-6-8-14(9-7-10)12-5-3-2-4-11(12)13/h2-5,10H,1,6-9H2. The number of hydrogen-bond donors (Lipinski definition) is 0. The van der Waals surface area contributed by atoms with Gasteiger partial charge in [0.15, 0.2) is 0 Å². The lowest BCUT2D eigenvalue weighted by Crippen LogP contribution is -2.33. The highest BCUT2D eigenvalue weighted by Gasteiger charge is 2.17. The normalized spacial score (nSPS) is 18.6. The molecule has 1 saturated heterocycles. The summed E-state index contributed by atoms with van der Waals surface area (Å²) in [6.07, 6.45) is 2.13. The molecule has 75 valence electrons. The van der Waals surface area contributed by atoms with E-state index >= 15 is 0 Å². The van der Waals surface area contributed by atoms with Crippen molar-refractivity contribution in [2.45, 2.75) is 12.8 Å². The SMILES string of the molecule is [CH2]C1CCN(c2ccccc2F)CC1. The summed E-state index contributed by atoms with van der Waals surface area (Å²) in [5, 5.41) is 0. The minimum absolute atomic E-state index is 0.116. The van der Waals surface area contributed by atoms with E-state index in [1.807, 2.05) is 12.1 Å². The van der Waals surface area contributed by atoms with E-state index < -0.39 is 0 Å². The van der Waals surface area contributed by atoms with Crippen LogP contribution in [0.3, 0.4) is 0 Å². The van der Waals surface area contributed by atoms with Crippen LogP contribution in [-0.2, 0) is 0 Å². The van der Waals surface area contributed by atoms with Gasteiger partial charge < -0.3 is 4.90 Å². The van der Waals surface area contributed by atoms with Crippen molar-refractivity contribution in [3.63, 3.8) is 0 Å². The Bertz CT molecular complexity index is 303. The fraction of sp³-hybridized carbons (Fsp3) is 0.417. The zero-order valence-electron chi connectivity index (χ0n) is 8.25. The summed E-state index contributed by atoms with van der Waals surface area (Å²) in [6.45, 7) is 5.88. The van der Waals surface area contributed by atoms with Crippen LogP contribution in [0.15, 0.2) is 24.3 Å². The minimum atomic E-state index is -0.116. The van der Waals surface area contributed by atoms with Gasteiger partial charge in [0.1, 0.15) is 5.82 Å². The van der Waals surface area contributed by atoms with Crippen molar-refractivity contribution in [1.82, 2.24) is 0 Å². The number of piperidine rings is 1. The maximum atomic E-state index is 13.4. The Kier molecular flexibility index (Phi) is 2.71. The average Bonchev–Trinajstić information content (AvgIpc) is 2.20. The summed E-state index contributed by atoms with van der Waals surface area (Å²) >= 11 is 0. The molecular weight excluding hydrogens is 177 g/mol. The van der Waals surface area contributed by atoms with Crippen LogP contribution in [0.5, 0.6) is 0 Å². The van der Waals surface area contributed by atoms with Gasteiger partial charge in [-0.1, -0.05) is 19.1 Å². The number of halogens is 1. The Hall–Kier alpha value is -1.05. The van der Waals surface area contributed by atoms with E-state index in [4.69, 9.17) is 0 Å². The van der Waals surface area contributed by atoms with Crippen LogP contribution in [0.25, 0.3) is 0 Å². The van der Waals surface area contributed by atoms with E-state index in [1.54, 1.807) is 6.07 Å². The molecule has 1 aromatic carbocycles. The molecule has 1 aliphatic rings. The van der Waals surface area contributed by atoms with Gasteiger partial charge in [0.05, 0.1) is 5.69 Å². The van der Waals surface area contributed by atoms with Gasteiger partial charge >= 0.3 is 0 Å². The van der Waals surface area contributed by atoms with Crippen LogP contribution in [0.2, 0.25) is 0 Å². The fourth-order valence-corrected chi connectivity index (χ4v) is 1.88. The summed E-state index contributed by atoms with van der Waals surface area (Å²) in [6, 6.07) is 6.98. The van der Waals surface area contributed by atoms with Crippen LogP contribution >= 0.6 is 0 Å². The summed E-state index contributed by atoms with van der Waals surface area (Å²) in [5.41, 5.74) is 0.736.